The fraction of sp³-hybridized carbons (Fsp3) is 0. The lowest BCUT2D eigenvalue weighted by Crippen LogP contribution is -1.89. The molecule has 0 fully saturated rings. The molecule has 15 heavy (non-hydrogen) atoms. The highest BCUT2D eigenvalue weighted by Gasteiger charge is 2.01. The summed E-state index contributed by atoms with van der Waals surface area (Å²) in [7, 11) is 0. The van der Waals surface area contributed by atoms with E-state index in [1.54, 1.807) is 30.5 Å². The zero-order valence-electron chi connectivity index (χ0n) is 7.98. The van der Waals surface area contributed by atoms with Gasteiger partial charge in [-0.15, -0.1) is 0 Å². The van der Waals surface area contributed by atoms with Gasteiger partial charge in [0, 0.05) is 16.8 Å². The van der Waals surface area contributed by atoms with E-state index in [4.69, 9.17) is 16.3 Å². The van der Waals surface area contributed by atoms with Gasteiger partial charge in [-0.1, -0.05) is 17.7 Å². The SMILES string of the molecule is [CH2]c1cccnc1Oc1ccc(Cl)cc1. The van der Waals surface area contributed by atoms with Crippen LogP contribution in [0.15, 0.2) is 42.6 Å². The van der Waals surface area contributed by atoms with Crippen molar-refractivity contribution in [1.82, 2.24) is 4.98 Å². The van der Waals surface area contributed by atoms with Crippen molar-refractivity contribution in [2.75, 3.05) is 0 Å². The number of hydrogen-bond donors (Lipinski definition) is 0. The van der Waals surface area contributed by atoms with Crippen LogP contribution in [-0.2, 0) is 0 Å². The normalized spacial score (nSPS) is 10.0. The summed E-state index contributed by atoms with van der Waals surface area (Å²) in [5.74, 6) is 1.21. The molecule has 0 atom stereocenters. The first-order chi connectivity index (χ1) is 7.25. The Labute approximate surface area is 93.5 Å². The molecule has 1 aromatic carbocycles. The van der Waals surface area contributed by atoms with E-state index in [-0.39, 0.29) is 0 Å². The molecule has 2 aromatic rings. The van der Waals surface area contributed by atoms with Crippen LogP contribution in [-0.4, -0.2) is 4.98 Å². The van der Waals surface area contributed by atoms with Crippen molar-refractivity contribution in [3.63, 3.8) is 0 Å². The fourth-order valence-corrected chi connectivity index (χ4v) is 1.26. The third kappa shape index (κ3) is 2.48. The van der Waals surface area contributed by atoms with Gasteiger partial charge in [0.1, 0.15) is 5.75 Å². The highest BCUT2D eigenvalue weighted by atomic mass is 35.5. The predicted molar refractivity (Wildman–Crippen MR) is 60.2 cm³/mol. The highest BCUT2D eigenvalue weighted by molar-refractivity contribution is 6.30. The Balaban J connectivity index is 2.22. The van der Waals surface area contributed by atoms with Gasteiger partial charge >= 0.3 is 0 Å². The topological polar surface area (TPSA) is 22.1 Å². The van der Waals surface area contributed by atoms with Gasteiger partial charge < -0.3 is 4.74 Å². The van der Waals surface area contributed by atoms with E-state index in [1.807, 2.05) is 12.1 Å². The monoisotopic (exact) mass is 218 g/mol. The van der Waals surface area contributed by atoms with Gasteiger partial charge in [0.15, 0.2) is 0 Å². The minimum Gasteiger partial charge on any atom is -0.439 e. The zero-order valence-corrected chi connectivity index (χ0v) is 8.74. The van der Waals surface area contributed by atoms with Gasteiger partial charge in [-0.05, 0) is 37.3 Å². The Bertz CT molecular complexity index is 453. The number of ether oxygens (including phenoxy) is 1. The van der Waals surface area contributed by atoms with Gasteiger partial charge in [0.05, 0.1) is 0 Å². The second-order valence-corrected chi connectivity index (χ2v) is 3.46. The molecular formula is C12H9ClNO. The zero-order chi connectivity index (χ0) is 10.7. The average Bonchev–Trinajstić information content (AvgIpc) is 2.25. The van der Waals surface area contributed by atoms with E-state index in [0.29, 0.717) is 16.7 Å². The largest absolute Gasteiger partial charge is 0.439 e. The maximum atomic E-state index is 5.76. The molecule has 75 valence electrons. The molecule has 0 amide bonds. The number of halogens is 1. The van der Waals surface area contributed by atoms with Gasteiger partial charge in [0.25, 0.3) is 0 Å². The maximum absolute atomic E-state index is 5.76. The van der Waals surface area contributed by atoms with Crippen LogP contribution in [0, 0.1) is 6.92 Å². The second-order valence-electron chi connectivity index (χ2n) is 3.02. The molecule has 0 saturated heterocycles. The van der Waals surface area contributed by atoms with E-state index in [2.05, 4.69) is 11.9 Å². The Morgan fingerprint density at radius 3 is 2.53 bits per heavy atom. The van der Waals surface area contributed by atoms with Crippen molar-refractivity contribution < 1.29 is 4.74 Å². The Morgan fingerprint density at radius 1 is 1.13 bits per heavy atom. The van der Waals surface area contributed by atoms with Gasteiger partial charge in [0.2, 0.25) is 5.88 Å². The maximum Gasteiger partial charge on any atom is 0.222 e. The molecule has 3 heteroatoms. The van der Waals surface area contributed by atoms with E-state index in [1.165, 1.54) is 0 Å². The summed E-state index contributed by atoms with van der Waals surface area (Å²) >= 11 is 5.76. The summed E-state index contributed by atoms with van der Waals surface area (Å²) in [6.45, 7) is 3.82. The molecule has 0 aliphatic heterocycles. The van der Waals surface area contributed by atoms with E-state index in [9.17, 15) is 0 Å². The molecule has 0 aliphatic carbocycles. The average molecular weight is 219 g/mol. The van der Waals surface area contributed by atoms with Crippen LogP contribution in [0.4, 0.5) is 0 Å². The number of rotatable bonds is 2. The fourth-order valence-electron chi connectivity index (χ4n) is 1.13. The number of pyridine rings is 1. The van der Waals surface area contributed by atoms with E-state index < -0.39 is 0 Å². The lowest BCUT2D eigenvalue weighted by atomic mass is 10.3. The van der Waals surface area contributed by atoms with Crippen LogP contribution in [0.2, 0.25) is 5.02 Å². The van der Waals surface area contributed by atoms with Crippen molar-refractivity contribution in [3.05, 3.63) is 60.1 Å². The van der Waals surface area contributed by atoms with Crippen LogP contribution < -0.4 is 4.74 Å². The number of hydrogen-bond acceptors (Lipinski definition) is 2. The summed E-state index contributed by atoms with van der Waals surface area (Å²) in [6, 6.07) is 10.8. The minimum atomic E-state index is 0.514. The summed E-state index contributed by atoms with van der Waals surface area (Å²) < 4.78 is 5.53. The van der Waals surface area contributed by atoms with Crippen LogP contribution in [0.25, 0.3) is 0 Å². The second kappa shape index (κ2) is 4.32. The molecular weight excluding hydrogens is 210 g/mol. The van der Waals surface area contributed by atoms with Crippen molar-refractivity contribution >= 4 is 11.6 Å². The van der Waals surface area contributed by atoms with Crippen molar-refractivity contribution in [1.29, 1.82) is 0 Å². The third-order valence-electron chi connectivity index (χ3n) is 1.88. The van der Waals surface area contributed by atoms with Crippen LogP contribution in [0.1, 0.15) is 5.56 Å². The molecule has 0 aliphatic rings. The van der Waals surface area contributed by atoms with E-state index in [0.717, 1.165) is 5.56 Å². The molecule has 1 heterocycles. The lowest BCUT2D eigenvalue weighted by Gasteiger charge is -2.06. The van der Waals surface area contributed by atoms with Gasteiger partial charge in [-0.25, -0.2) is 4.98 Å². The third-order valence-corrected chi connectivity index (χ3v) is 2.13. The molecule has 0 N–H and O–H groups in total. The smallest absolute Gasteiger partial charge is 0.222 e. The molecule has 2 rings (SSSR count). The van der Waals surface area contributed by atoms with Crippen LogP contribution in [0.3, 0.4) is 0 Å². The van der Waals surface area contributed by atoms with Gasteiger partial charge in [-0.3, -0.25) is 0 Å². The first kappa shape index (κ1) is 9.99. The van der Waals surface area contributed by atoms with Crippen molar-refractivity contribution in [2.24, 2.45) is 0 Å². The Morgan fingerprint density at radius 2 is 1.87 bits per heavy atom. The molecule has 0 saturated carbocycles. The van der Waals surface area contributed by atoms with Crippen LogP contribution in [0.5, 0.6) is 11.6 Å². The molecule has 1 radical (unpaired) electrons. The van der Waals surface area contributed by atoms with Crippen molar-refractivity contribution in [2.45, 2.75) is 0 Å². The summed E-state index contributed by atoms with van der Waals surface area (Å²) in [5, 5.41) is 0.679. The lowest BCUT2D eigenvalue weighted by molar-refractivity contribution is 0.461. The molecule has 0 spiro atoms. The summed E-state index contributed by atoms with van der Waals surface area (Å²) in [4.78, 5) is 4.08. The number of aromatic nitrogens is 1. The quantitative estimate of drug-likeness (QED) is 0.767. The highest BCUT2D eigenvalue weighted by Crippen LogP contribution is 2.23. The van der Waals surface area contributed by atoms with E-state index >= 15 is 0 Å². The first-order valence-corrected chi connectivity index (χ1v) is 4.84. The van der Waals surface area contributed by atoms with Gasteiger partial charge in [-0.2, -0.15) is 0 Å². The summed E-state index contributed by atoms with van der Waals surface area (Å²) in [5.41, 5.74) is 0.757. The minimum absolute atomic E-state index is 0.514. The Hall–Kier alpha value is -1.54. The molecule has 0 bridgehead atoms. The molecule has 1 aromatic heterocycles. The predicted octanol–water partition coefficient (Wildman–Crippen LogP) is 3.71. The molecule has 2 nitrogen and oxygen atoms in total. The standard InChI is InChI=1S/C12H9ClNO/c1-9-3-2-8-14-12(9)15-11-6-4-10(13)5-7-11/h2-8H,1H2. The first-order valence-electron chi connectivity index (χ1n) is 4.46. The number of benzene rings is 1. The molecule has 0 unspecified atom stereocenters. The summed E-state index contributed by atoms with van der Waals surface area (Å²) in [6.07, 6.45) is 1.67. The van der Waals surface area contributed by atoms with Crippen LogP contribution >= 0.6 is 11.6 Å². The number of nitrogens with zero attached hydrogens (tertiary/aromatic N) is 1. The van der Waals surface area contributed by atoms with Crippen molar-refractivity contribution in [3.8, 4) is 11.6 Å². The Kier molecular flexibility index (Phi) is 2.88.